The average molecular weight is 212 g/mol. The third kappa shape index (κ3) is 9.95. The number of nitrogens with one attached hydrogen (secondary N) is 1. The van der Waals surface area contributed by atoms with Crippen LogP contribution in [-0.2, 0) is 0 Å². The minimum atomic E-state index is 0.611. The standard InChI is InChI=1S/C13H28N2/c1-11(2)7-8-14-13(9-12(3)4)10-15(5)6/h12-14H,1,7-10H2,2-6H3. The Balaban J connectivity index is 3.84. The lowest BCUT2D eigenvalue weighted by Gasteiger charge is -2.24. The van der Waals surface area contributed by atoms with Gasteiger partial charge in [0.2, 0.25) is 0 Å². The fourth-order valence-corrected chi connectivity index (χ4v) is 1.72. The molecule has 0 bridgehead atoms. The van der Waals surface area contributed by atoms with Crippen LogP contribution in [0.2, 0.25) is 0 Å². The van der Waals surface area contributed by atoms with Gasteiger partial charge in [0.1, 0.15) is 0 Å². The zero-order valence-corrected chi connectivity index (χ0v) is 11.1. The second-order valence-electron chi connectivity index (χ2n) is 5.25. The predicted molar refractivity (Wildman–Crippen MR) is 69.2 cm³/mol. The van der Waals surface area contributed by atoms with E-state index in [-0.39, 0.29) is 0 Å². The Morgan fingerprint density at radius 2 is 1.93 bits per heavy atom. The zero-order valence-electron chi connectivity index (χ0n) is 11.1. The van der Waals surface area contributed by atoms with Gasteiger partial charge in [-0.1, -0.05) is 19.4 Å². The molecule has 15 heavy (non-hydrogen) atoms. The molecule has 0 aliphatic heterocycles. The highest BCUT2D eigenvalue weighted by Crippen LogP contribution is 2.06. The molecule has 0 fully saturated rings. The van der Waals surface area contributed by atoms with E-state index in [0.717, 1.165) is 25.4 Å². The largest absolute Gasteiger partial charge is 0.312 e. The molecule has 1 atom stereocenters. The summed E-state index contributed by atoms with van der Waals surface area (Å²) in [5.41, 5.74) is 1.26. The van der Waals surface area contributed by atoms with Crippen LogP contribution in [0.5, 0.6) is 0 Å². The fraction of sp³-hybridized carbons (Fsp3) is 0.846. The van der Waals surface area contributed by atoms with Crippen molar-refractivity contribution in [3.8, 4) is 0 Å². The van der Waals surface area contributed by atoms with Crippen molar-refractivity contribution >= 4 is 0 Å². The second kappa shape index (κ2) is 7.89. The van der Waals surface area contributed by atoms with Crippen LogP contribution in [0, 0.1) is 5.92 Å². The van der Waals surface area contributed by atoms with Gasteiger partial charge in [0.05, 0.1) is 0 Å². The lowest BCUT2D eigenvalue weighted by atomic mass is 10.0. The van der Waals surface area contributed by atoms with Crippen molar-refractivity contribution in [2.45, 2.75) is 39.7 Å². The van der Waals surface area contributed by atoms with Crippen LogP contribution in [0.25, 0.3) is 0 Å². The Morgan fingerprint density at radius 1 is 1.33 bits per heavy atom. The third-order valence-electron chi connectivity index (χ3n) is 2.33. The SMILES string of the molecule is C=C(C)CCNC(CC(C)C)CN(C)C. The van der Waals surface area contributed by atoms with E-state index in [9.17, 15) is 0 Å². The molecule has 0 spiro atoms. The average Bonchev–Trinajstić information content (AvgIpc) is 2.00. The van der Waals surface area contributed by atoms with Gasteiger partial charge < -0.3 is 10.2 Å². The molecule has 0 aromatic rings. The lowest BCUT2D eigenvalue weighted by molar-refractivity contribution is 0.307. The first-order valence-corrected chi connectivity index (χ1v) is 5.94. The number of likely N-dealkylation sites (N-methyl/N-ethyl adjacent to an activating group) is 1. The van der Waals surface area contributed by atoms with Crippen molar-refractivity contribution in [3.63, 3.8) is 0 Å². The molecular weight excluding hydrogens is 184 g/mol. The summed E-state index contributed by atoms with van der Waals surface area (Å²) in [4.78, 5) is 2.25. The Morgan fingerprint density at radius 3 is 2.33 bits per heavy atom. The van der Waals surface area contributed by atoms with Crippen molar-refractivity contribution in [1.29, 1.82) is 0 Å². The topological polar surface area (TPSA) is 15.3 Å². The van der Waals surface area contributed by atoms with Gasteiger partial charge in [-0.15, -0.1) is 6.58 Å². The van der Waals surface area contributed by atoms with Crippen LogP contribution in [0.15, 0.2) is 12.2 Å². The molecule has 0 saturated heterocycles. The summed E-state index contributed by atoms with van der Waals surface area (Å²) in [7, 11) is 4.27. The van der Waals surface area contributed by atoms with E-state index in [0.29, 0.717) is 6.04 Å². The molecule has 0 aromatic carbocycles. The van der Waals surface area contributed by atoms with Crippen molar-refractivity contribution in [2.24, 2.45) is 5.92 Å². The van der Waals surface area contributed by atoms with Crippen LogP contribution in [0.3, 0.4) is 0 Å². The zero-order chi connectivity index (χ0) is 11.8. The normalized spacial score (nSPS) is 13.5. The summed E-state index contributed by atoms with van der Waals surface area (Å²) in [6.07, 6.45) is 2.33. The van der Waals surface area contributed by atoms with E-state index >= 15 is 0 Å². The summed E-state index contributed by atoms with van der Waals surface area (Å²) in [5, 5.41) is 3.61. The molecule has 2 nitrogen and oxygen atoms in total. The van der Waals surface area contributed by atoms with E-state index in [1.807, 2.05) is 0 Å². The summed E-state index contributed by atoms with van der Waals surface area (Å²) in [6.45, 7) is 12.7. The summed E-state index contributed by atoms with van der Waals surface area (Å²) < 4.78 is 0. The van der Waals surface area contributed by atoms with Gasteiger partial charge in [0.15, 0.2) is 0 Å². The maximum Gasteiger partial charge on any atom is 0.0197 e. The molecule has 1 N–H and O–H groups in total. The molecule has 0 aromatic heterocycles. The van der Waals surface area contributed by atoms with Gasteiger partial charge in [-0.25, -0.2) is 0 Å². The molecule has 0 rings (SSSR count). The van der Waals surface area contributed by atoms with E-state index in [2.05, 4.69) is 51.7 Å². The van der Waals surface area contributed by atoms with E-state index in [4.69, 9.17) is 0 Å². The van der Waals surface area contributed by atoms with Crippen LogP contribution in [0.4, 0.5) is 0 Å². The first-order valence-electron chi connectivity index (χ1n) is 5.94. The number of hydrogen-bond donors (Lipinski definition) is 1. The van der Waals surface area contributed by atoms with E-state index in [1.165, 1.54) is 12.0 Å². The maximum atomic E-state index is 3.92. The van der Waals surface area contributed by atoms with E-state index < -0.39 is 0 Å². The Bertz CT molecular complexity index is 163. The second-order valence-corrected chi connectivity index (χ2v) is 5.25. The first kappa shape index (κ1) is 14.7. The summed E-state index contributed by atoms with van der Waals surface area (Å²) in [5.74, 6) is 0.757. The predicted octanol–water partition coefficient (Wildman–Crippen LogP) is 2.52. The summed E-state index contributed by atoms with van der Waals surface area (Å²) in [6, 6.07) is 0.611. The minimum absolute atomic E-state index is 0.611. The molecular formula is C13H28N2. The molecule has 0 amide bonds. The number of hydrogen-bond acceptors (Lipinski definition) is 2. The lowest BCUT2D eigenvalue weighted by Crippen LogP contribution is -2.39. The Kier molecular flexibility index (Phi) is 7.71. The number of rotatable bonds is 8. The van der Waals surface area contributed by atoms with Crippen molar-refractivity contribution in [1.82, 2.24) is 10.2 Å². The third-order valence-corrected chi connectivity index (χ3v) is 2.33. The van der Waals surface area contributed by atoms with Crippen molar-refractivity contribution < 1.29 is 0 Å². The molecule has 0 radical (unpaired) electrons. The number of nitrogens with zero attached hydrogens (tertiary/aromatic N) is 1. The molecule has 0 aliphatic carbocycles. The van der Waals surface area contributed by atoms with Crippen molar-refractivity contribution in [2.75, 3.05) is 27.2 Å². The maximum absolute atomic E-state index is 3.92. The molecule has 90 valence electrons. The fourth-order valence-electron chi connectivity index (χ4n) is 1.72. The van der Waals surface area contributed by atoms with E-state index in [1.54, 1.807) is 0 Å². The van der Waals surface area contributed by atoms with Crippen LogP contribution in [-0.4, -0.2) is 38.1 Å². The Labute approximate surface area is 95.7 Å². The van der Waals surface area contributed by atoms with Crippen LogP contribution < -0.4 is 5.32 Å². The molecule has 1 unspecified atom stereocenters. The minimum Gasteiger partial charge on any atom is -0.312 e. The highest BCUT2D eigenvalue weighted by atomic mass is 15.1. The molecule has 0 heterocycles. The molecule has 0 aliphatic rings. The summed E-state index contributed by atoms with van der Waals surface area (Å²) >= 11 is 0. The quantitative estimate of drug-likeness (QED) is 0.622. The van der Waals surface area contributed by atoms with Crippen LogP contribution >= 0.6 is 0 Å². The first-order chi connectivity index (χ1) is 6.91. The highest BCUT2D eigenvalue weighted by molar-refractivity contribution is 4.88. The van der Waals surface area contributed by atoms with Gasteiger partial charge in [-0.3, -0.25) is 0 Å². The van der Waals surface area contributed by atoms with Gasteiger partial charge in [0, 0.05) is 12.6 Å². The molecule has 2 heteroatoms. The van der Waals surface area contributed by atoms with Crippen LogP contribution in [0.1, 0.15) is 33.6 Å². The monoisotopic (exact) mass is 212 g/mol. The van der Waals surface area contributed by atoms with Gasteiger partial charge in [-0.2, -0.15) is 0 Å². The van der Waals surface area contributed by atoms with Gasteiger partial charge in [0.25, 0.3) is 0 Å². The Hall–Kier alpha value is -0.340. The van der Waals surface area contributed by atoms with Gasteiger partial charge in [-0.05, 0) is 46.3 Å². The van der Waals surface area contributed by atoms with Crippen molar-refractivity contribution in [3.05, 3.63) is 12.2 Å². The van der Waals surface area contributed by atoms with Gasteiger partial charge >= 0.3 is 0 Å². The highest BCUT2D eigenvalue weighted by Gasteiger charge is 2.10. The smallest absolute Gasteiger partial charge is 0.0197 e. The molecule has 0 saturated carbocycles.